The molecule has 0 aliphatic carbocycles. The predicted molar refractivity (Wildman–Crippen MR) is 50.6 cm³/mol. The molecule has 0 aromatic heterocycles. The molecule has 0 aromatic rings. The third kappa shape index (κ3) is 8.82. The Morgan fingerprint density at radius 2 is 1.83 bits per heavy atom. The molecule has 68 valence electrons. The van der Waals surface area contributed by atoms with Gasteiger partial charge in [-0.05, 0) is 19.1 Å². The van der Waals surface area contributed by atoms with Crippen LogP contribution in [0.2, 0.25) is 0 Å². The maximum absolute atomic E-state index is 12.2. The van der Waals surface area contributed by atoms with Crippen LogP contribution in [-0.4, -0.2) is 6.29 Å². The van der Waals surface area contributed by atoms with Gasteiger partial charge < -0.3 is 0 Å². The fourth-order valence-corrected chi connectivity index (χ4v) is 0.322. The summed E-state index contributed by atoms with van der Waals surface area (Å²) >= 11 is 0. The van der Waals surface area contributed by atoms with E-state index >= 15 is 0 Å². The quantitative estimate of drug-likeness (QED) is 0.361. The molecule has 0 saturated carbocycles. The Hall–Kier alpha value is -1.18. The summed E-state index contributed by atoms with van der Waals surface area (Å²) in [6.45, 7) is 8.90. The van der Waals surface area contributed by atoms with E-state index in [9.17, 15) is 9.18 Å². The van der Waals surface area contributed by atoms with Crippen molar-refractivity contribution in [3.05, 3.63) is 36.2 Å². The average Bonchev–Trinajstić information content (AvgIpc) is 2.16. The van der Waals surface area contributed by atoms with Gasteiger partial charge in [-0.2, -0.15) is 0 Å². The van der Waals surface area contributed by atoms with Crippen molar-refractivity contribution < 1.29 is 9.18 Å². The van der Waals surface area contributed by atoms with E-state index in [0.717, 1.165) is 0 Å². The monoisotopic (exact) mass is 170 g/mol. The highest BCUT2D eigenvalue weighted by Gasteiger charge is 1.84. The Bertz CT molecular complexity index is 186. The first-order valence-corrected chi connectivity index (χ1v) is 3.84. The molecular formula is C10H15FO. The minimum absolute atomic E-state index is 0.261. The van der Waals surface area contributed by atoms with Gasteiger partial charge >= 0.3 is 0 Å². The first-order valence-electron chi connectivity index (χ1n) is 3.84. The lowest BCUT2D eigenvalue weighted by Crippen LogP contribution is -1.73. The van der Waals surface area contributed by atoms with Crippen LogP contribution in [0.4, 0.5) is 4.39 Å². The van der Waals surface area contributed by atoms with Gasteiger partial charge in [0.25, 0.3) is 0 Å². The maximum atomic E-state index is 12.2. The Labute approximate surface area is 73.3 Å². The maximum Gasteiger partial charge on any atom is 0.149 e. The first kappa shape index (κ1) is 13.4. The van der Waals surface area contributed by atoms with Crippen LogP contribution in [-0.2, 0) is 4.79 Å². The zero-order valence-corrected chi connectivity index (χ0v) is 7.80. The summed E-state index contributed by atoms with van der Waals surface area (Å²) in [6.07, 6.45) is 4.38. The van der Waals surface area contributed by atoms with Crippen LogP contribution in [0, 0.1) is 0 Å². The number of hydrogen-bond acceptors (Lipinski definition) is 1. The molecule has 0 fully saturated rings. The molecule has 0 saturated heterocycles. The number of carbonyl (C=O) groups excluding carboxylic acids is 1. The van der Waals surface area contributed by atoms with Crippen LogP contribution < -0.4 is 0 Å². The molecule has 0 unspecified atom stereocenters. The second-order valence-corrected chi connectivity index (χ2v) is 1.70. The molecule has 0 bridgehead atoms. The molecule has 2 heteroatoms. The molecule has 0 amide bonds. The van der Waals surface area contributed by atoms with E-state index < -0.39 is 0 Å². The number of hydrogen-bond donors (Lipinski definition) is 0. The van der Waals surface area contributed by atoms with E-state index in [1.807, 2.05) is 13.8 Å². The molecule has 0 aliphatic heterocycles. The molecule has 0 radical (unpaired) electrons. The average molecular weight is 170 g/mol. The van der Waals surface area contributed by atoms with Gasteiger partial charge in [0.1, 0.15) is 12.1 Å². The zero-order chi connectivity index (χ0) is 9.98. The van der Waals surface area contributed by atoms with E-state index in [1.165, 1.54) is 18.2 Å². The van der Waals surface area contributed by atoms with Gasteiger partial charge in [0.15, 0.2) is 0 Å². The van der Waals surface area contributed by atoms with E-state index in [0.29, 0.717) is 6.29 Å². The van der Waals surface area contributed by atoms with Crippen LogP contribution >= 0.6 is 0 Å². The SMILES string of the molecule is C=C(C=O)/C=C\C(F)=C/C.CC. The molecule has 0 N–H and O–H groups in total. The Balaban J connectivity index is 0. The summed E-state index contributed by atoms with van der Waals surface area (Å²) in [6, 6.07) is 0. The summed E-state index contributed by atoms with van der Waals surface area (Å²) in [5.74, 6) is -0.372. The van der Waals surface area contributed by atoms with Gasteiger partial charge in [-0.1, -0.05) is 26.5 Å². The highest BCUT2D eigenvalue weighted by atomic mass is 19.1. The van der Waals surface area contributed by atoms with E-state index in [1.54, 1.807) is 6.92 Å². The number of aldehydes is 1. The van der Waals surface area contributed by atoms with Crippen molar-refractivity contribution >= 4 is 6.29 Å². The minimum atomic E-state index is -0.372. The number of halogens is 1. The topological polar surface area (TPSA) is 17.1 Å². The summed E-state index contributed by atoms with van der Waals surface area (Å²) in [5, 5.41) is 0. The lowest BCUT2D eigenvalue weighted by Gasteiger charge is -1.82. The van der Waals surface area contributed by atoms with Gasteiger partial charge in [0, 0.05) is 5.57 Å². The minimum Gasteiger partial charge on any atom is -0.298 e. The predicted octanol–water partition coefficient (Wildman–Crippen LogP) is 3.20. The Kier molecular flexibility index (Phi) is 11.0. The molecule has 0 rings (SSSR count). The summed E-state index contributed by atoms with van der Waals surface area (Å²) in [5.41, 5.74) is 0.261. The van der Waals surface area contributed by atoms with Crippen molar-refractivity contribution in [2.45, 2.75) is 20.8 Å². The van der Waals surface area contributed by atoms with Crippen LogP contribution in [0.1, 0.15) is 20.8 Å². The van der Waals surface area contributed by atoms with Crippen molar-refractivity contribution in [2.75, 3.05) is 0 Å². The molecule has 0 aliphatic rings. The van der Waals surface area contributed by atoms with Gasteiger partial charge in [0.05, 0.1) is 0 Å². The molecule has 1 nitrogen and oxygen atoms in total. The van der Waals surface area contributed by atoms with Crippen LogP contribution in [0.25, 0.3) is 0 Å². The lowest BCUT2D eigenvalue weighted by atomic mass is 10.3. The lowest BCUT2D eigenvalue weighted by molar-refractivity contribution is -0.104. The second-order valence-electron chi connectivity index (χ2n) is 1.70. The van der Waals surface area contributed by atoms with Gasteiger partial charge in [0.2, 0.25) is 0 Å². The number of rotatable bonds is 3. The number of carbonyl (C=O) groups is 1. The van der Waals surface area contributed by atoms with E-state index in [-0.39, 0.29) is 11.4 Å². The normalized spacial score (nSPS) is 10.5. The molecule has 0 heterocycles. The van der Waals surface area contributed by atoms with Crippen molar-refractivity contribution in [3.8, 4) is 0 Å². The van der Waals surface area contributed by atoms with E-state index in [2.05, 4.69) is 6.58 Å². The second kappa shape index (κ2) is 9.82. The Morgan fingerprint density at radius 1 is 1.33 bits per heavy atom. The molecule has 0 spiro atoms. The van der Waals surface area contributed by atoms with Gasteiger partial charge in [-0.3, -0.25) is 4.79 Å². The van der Waals surface area contributed by atoms with Crippen molar-refractivity contribution in [1.82, 2.24) is 0 Å². The highest BCUT2D eigenvalue weighted by molar-refractivity contribution is 5.76. The van der Waals surface area contributed by atoms with Crippen LogP contribution in [0.3, 0.4) is 0 Å². The fraction of sp³-hybridized carbons (Fsp3) is 0.300. The Morgan fingerprint density at radius 3 is 2.17 bits per heavy atom. The fourth-order valence-electron chi connectivity index (χ4n) is 0.322. The largest absolute Gasteiger partial charge is 0.298 e. The zero-order valence-electron chi connectivity index (χ0n) is 7.80. The molecular weight excluding hydrogens is 155 g/mol. The first-order chi connectivity index (χ1) is 5.70. The molecule has 12 heavy (non-hydrogen) atoms. The van der Waals surface area contributed by atoms with Crippen molar-refractivity contribution in [1.29, 1.82) is 0 Å². The summed E-state index contributed by atoms with van der Waals surface area (Å²) in [4.78, 5) is 9.91. The van der Waals surface area contributed by atoms with Crippen molar-refractivity contribution in [3.63, 3.8) is 0 Å². The van der Waals surface area contributed by atoms with E-state index in [4.69, 9.17) is 0 Å². The standard InChI is InChI=1S/C8H9FO.C2H6/c1-3-8(9)5-4-7(2)6-10;1-2/h3-6H,2H2,1H3;1-2H3/b5-4-,8-3+;. The van der Waals surface area contributed by atoms with Gasteiger partial charge in [-0.15, -0.1) is 0 Å². The third-order valence-corrected chi connectivity index (χ3v) is 0.884. The summed E-state index contributed by atoms with van der Waals surface area (Å²) < 4.78 is 12.2. The number of allylic oxidation sites excluding steroid dienone is 5. The highest BCUT2D eigenvalue weighted by Crippen LogP contribution is 1.99. The third-order valence-electron chi connectivity index (χ3n) is 0.884. The van der Waals surface area contributed by atoms with Crippen LogP contribution in [0.5, 0.6) is 0 Å². The smallest absolute Gasteiger partial charge is 0.149 e. The molecule has 0 atom stereocenters. The van der Waals surface area contributed by atoms with Gasteiger partial charge in [-0.25, -0.2) is 4.39 Å². The summed E-state index contributed by atoms with van der Waals surface area (Å²) in [7, 11) is 0. The van der Waals surface area contributed by atoms with Crippen molar-refractivity contribution in [2.24, 2.45) is 0 Å². The van der Waals surface area contributed by atoms with Crippen LogP contribution in [0.15, 0.2) is 36.2 Å². The molecule has 0 aromatic carbocycles.